The van der Waals surface area contributed by atoms with Crippen molar-refractivity contribution in [3.05, 3.63) is 0 Å². The molecule has 0 aromatic rings. The van der Waals surface area contributed by atoms with Gasteiger partial charge >= 0.3 is 0 Å². The van der Waals surface area contributed by atoms with E-state index in [0.29, 0.717) is 6.54 Å². The predicted octanol–water partition coefficient (Wildman–Crippen LogP) is 1.29. The van der Waals surface area contributed by atoms with Crippen LogP contribution in [-0.2, 0) is 4.79 Å². The zero-order valence-electron chi connectivity index (χ0n) is 12.0. The van der Waals surface area contributed by atoms with Gasteiger partial charge in [0.15, 0.2) is 0 Å². The molecule has 1 aliphatic heterocycles. The molecule has 2 atom stereocenters. The van der Waals surface area contributed by atoms with Crippen molar-refractivity contribution in [3.63, 3.8) is 0 Å². The summed E-state index contributed by atoms with van der Waals surface area (Å²) in [5.74, 6) is 0.379. The van der Waals surface area contributed by atoms with Crippen LogP contribution < -0.4 is 10.6 Å². The van der Waals surface area contributed by atoms with Gasteiger partial charge in [-0.05, 0) is 25.3 Å². The van der Waals surface area contributed by atoms with E-state index >= 15 is 0 Å². The first kappa shape index (κ1) is 15.4. The van der Waals surface area contributed by atoms with Crippen molar-refractivity contribution < 1.29 is 9.90 Å². The van der Waals surface area contributed by atoms with Crippen LogP contribution in [-0.4, -0.2) is 36.8 Å². The van der Waals surface area contributed by atoms with Crippen LogP contribution in [0, 0.1) is 11.3 Å². The largest absolute Gasteiger partial charge is 0.391 e. The molecule has 0 aromatic heterocycles. The summed E-state index contributed by atoms with van der Waals surface area (Å²) in [6.07, 6.45) is 3.23. The molecule has 0 spiro atoms. The molecule has 0 aromatic carbocycles. The lowest BCUT2D eigenvalue weighted by Crippen LogP contribution is -2.45. The zero-order valence-corrected chi connectivity index (χ0v) is 12.0. The maximum atomic E-state index is 12.2. The van der Waals surface area contributed by atoms with Crippen LogP contribution in [0.4, 0.5) is 0 Å². The van der Waals surface area contributed by atoms with E-state index in [1.165, 1.54) is 0 Å². The first-order valence-corrected chi connectivity index (χ1v) is 7.26. The fraction of sp³-hybridized carbons (Fsp3) is 0.929. The highest BCUT2D eigenvalue weighted by Gasteiger charge is 2.39. The van der Waals surface area contributed by atoms with Gasteiger partial charge in [-0.3, -0.25) is 4.79 Å². The number of aliphatic hydroxyl groups is 1. The highest BCUT2D eigenvalue weighted by Crippen LogP contribution is 2.29. The normalized spacial score (nSPS) is 25.4. The Morgan fingerprint density at radius 3 is 2.50 bits per heavy atom. The van der Waals surface area contributed by atoms with Crippen LogP contribution in [0.2, 0.25) is 0 Å². The first-order chi connectivity index (χ1) is 8.59. The molecule has 1 fully saturated rings. The molecule has 0 bridgehead atoms. The summed E-state index contributed by atoms with van der Waals surface area (Å²) < 4.78 is 0. The van der Waals surface area contributed by atoms with Gasteiger partial charge in [0.05, 0.1) is 11.5 Å². The number of aliphatic hydroxyl groups excluding tert-OH is 1. The van der Waals surface area contributed by atoms with Crippen molar-refractivity contribution in [1.29, 1.82) is 0 Å². The van der Waals surface area contributed by atoms with Crippen molar-refractivity contribution in [2.24, 2.45) is 11.3 Å². The summed E-state index contributed by atoms with van der Waals surface area (Å²) in [6, 6.07) is 0. The summed E-state index contributed by atoms with van der Waals surface area (Å²) >= 11 is 0. The van der Waals surface area contributed by atoms with Crippen molar-refractivity contribution >= 4 is 5.91 Å². The molecule has 1 heterocycles. The molecule has 18 heavy (non-hydrogen) atoms. The van der Waals surface area contributed by atoms with Gasteiger partial charge in [0, 0.05) is 13.1 Å². The lowest BCUT2D eigenvalue weighted by Gasteiger charge is -2.27. The van der Waals surface area contributed by atoms with E-state index in [9.17, 15) is 9.90 Å². The van der Waals surface area contributed by atoms with E-state index in [0.717, 1.165) is 38.8 Å². The summed E-state index contributed by atoms with van der Waals surface area (Å²) in [5.41, 5.74) is -0.256. The highest BCUT2D eigenvalue weighted by atomic mass is 16.3. The molecule has 4 nitrogen and oxygen atoms in total. The molecule has 2 unspecified atom stereocenters. The Labute approximate surface area is 111 Å². The smallest absolute Gasteiger partial charge is 0.227 e. The summed E-state index contributed by atoms with van der Waals surface area (Å²) in [7, 11) is 0. The number of hydrogen-bond acceptors (Lipinski definition) is 3. The van der Waals surface area contributed by atoms with Crippen molar-refractivity contribution in [1.82, 2.24) is 10.6 Å². The third kappa shape index (κ3) is 3.45. The number of carbonyl (C=O) groups is 1. The Hall–Kier alpha value is -0.610. The molecule has 0 radical (unpaired) electrons. The number of hydrogen-bond donors (Lipinski definition) is 3. The average Bonchev–Trinajstić information content (AvgIpc) is 2.87. The van der Waals surface area contributed by atoms with Crippen molar-refractivity contribution in [2.45, 2.75) is 52.6 Å². The second kappa shape index (κ2) is 7.10. The molecule has 1 saturated heterocycles. The Balaban J connectivity index is 2.45. The second-order valence-electron chi connectivity index (χ2n) is 5.41. The lowest BCUT2D eigenvalue weighted by atomic mass is 9.83. The maximum absolute atomic E-state index is 12.2. The van der Waals surface area contributed by atoms with Gasteiger partial charge in [-0.2, -0.15) is 0 Å². The van der Waals surface area contributed by atoms with Crippen LogP contribution in [0.25, 0.3) is 0 Å². The Kier molecular flexibility index (Phi) is 6.09. The Morgan fingerprint density at radius 2 is 2.06 bits per heavy atom. The second-order valence-corrected chi connectivity index (χ2v) is 5.41. The van der Waals surface area contributed by atoms with Crippen LogP contribution in [0.1, 0.15) is 46.5 Å². The van der Waals surface area contributed by atoms with E-state index in [2.05, 4.69) is 31.4 Å². The minimum Gasteiger partial charge on any atom is -0.391 e. The third-order valence-corrected chi connectivity index (χ3v) is 4.47. The van der Waals surface area contributed by atoms with Crippen LogP contribution in [0.5, 0.6) is 0 Å². The molecule has 4 heteroatoms. The lowest BCUT2D eigenvalue weighted by molar-refractivity contribution is -0.131. The minimum atomic E-state index is -0.424. The minimum absolute atomic E-state index is 0.0972. The highest BCUT2D eigenvalue weighted by molar-refractivity contribution is 5.83. The Morgan fingerprint density at radius 1 is 1.39 bits per heavy atom. The van der Waals surface area contributed by atoms with E-state index < -0.39 is 6.10 Å². The van der Waals surface area contributed by atoms with Gasteiger partial charge in [0.2, 0.25) is 5.91 Å². The maximum Gasteiger partial charge on any atom is 0.227 e. The SMILES string of the molecule is CCC(CC)C(O)CNC(=O)C1(CC)CCNC1. The van der Waals surface area contributed by atoms with Gasteiger partial charge in [-0.15, -0.1) is 0 Å². The molecule has 1 amide bonds. The molecule has 3 N–H and O–H groups in total. The topological polar surface area (TPSA) is 61.4 Å². The van der Waals surface area contributed by atoms with Gasteiger partial charge in [0.25, 0.3) is 0 Å². The summed E-state index contributed by atoms with van der Waals surface area (Å²) in [6.45, 7) is 8.27. The monoisotopic (exact) mass is 256 g/mol. The quantitative estimate of drug-likeness (QED) is 0.643. The van der Waals surface area contributed by atoms with E-state index in [1.54, 1.807) is 0 Å². The molecule has 1 aliphatic rings. The standard InChI is InChI=1S/C14H28N2O2/c1-4-11(5-2)12(17)9-16-13(18)14(6-3)7-8-15-10-14/h11-12,15,17H,4-10H2,1-3H3,(H,16,18). The van der Waals surface area contributed by atoms with E-state index in [4.69, 9.17) is 0 Å². The fourth-order valence-electron chi connectivity index (χ4n) is 2.78. The molecular formula is C14H28N2O2. The van der Waals surface area contributed by atoms with Gasteiger partial charge in [0.1, 0.15) is 0 Å². The van der Waals surface area contributed by atoms with Gasteiger partial charge in [-0.1, -0.05) is 33.6 Å². The molecule has 0 saturated carbocycles. The Bertz CT molecular complexity index is 259. The molecule has 1 rings (SSSR count). The molecule has 106 valence electrons. The van der Waals surface area contributed by atoms with Gasteiger partial charge in [-0.25, -0.2) is 0 Å². The van der Waals surface area contributed by atoms with E-state index in [1.807, 2.05) is 0 Å². The summed E-state index contributed by atoms with van der Waals surface area (Å²) in [5, 5.41) is 16.2. The van der Waals surface area contributed by atoms with Crippen LogP contribution >= 0.6 is 0 Å². The zero-order chi connectivity index (χ0) is 13.6. The van der Waals surface area contributed by atoms with Crippen molar-refractivity contribution in [3.8, 4) is 0 Å². The fourth-order valence-corrected chi connectivity index (χ4v) is 2.78. The number of amides is 1. The molecule has 0 aliphatic carbocycles. The van der Waals surface area contributed by atoms with E-state index in [-0.39, 0.29) is 17.2 Å². The first-order valence-electron chi connectivity index (χ1n) is 7.26. The van der Waals surface area contributed by atoms with Crippen LogP contribution in [0.3, 0.4) is 0 Å². The number of nitrogens with one attached hydrogen (secondary N) is 2. The van der Waals surface area contributed by atoms with Crippen molar-refractivity contribution in [2.75, 3.05) is 19.6 Å². The third-order valence-electron chi connectivity index (χ3n) is 4.47. The molecular weight excluding hydrogens is 228 g/mol. The average molecular weight is 256 g/mol. The van der Waals surface area contributed by atoms with Gasteiger partial charge < -0.3 is 15.7 Å². The number of carbonyl (C=O) groups excluding carboxylic acids is 1. The summed E-state index contributed by atoms with van der Waals surface area (Å²) in [4.78, 5) is 12.2. The predicted molar refractivity (Wildman–Crippen MR) is 73.3 cm³/mol. The van der Waals surface area contributed by atoms with Crippen LogP contribution in [0.15, 0.2) is 0 Å². The number of rotatable bonds is 7.